The quantitative estimate of drug-likeness (QED) is 0.864. The summed E-state index contributed by atoms with van der Waals surface area (Å²) in [4.78, 5) is 14.2. The molecule has 1 unspecified atom stereocenters. The fraction of sp³-hybridized carbons (Fsp3) is 0.562. The zero-order valence-electron chi connectivity index (χ0n) is 12.4. The Hall–Kier alpha value is -1.39. The number of rotatable bonds is 5. The number of amides is 1. The van der Waals surface area contributed by atoms with E-state index in [-0.39, 0.29) is 12.5 Å². The van der Waals surface area contributed by atoms with E-state index in [1.165, 1.54) is 5.56 Å². The molecule has 4 nitrogen and oxygen atoms in total. The number of likely N-dealkylation sites (tertiary alicyclic amines) is 1. The van der Waals surface area contributed by atoms with E-state index in [0.29, 0.717) is 12.5 Å². The largest absolute Gasteiger partial charge is 0.396 e. The second kappa shape index (κ2) is 6.86. The Bertz CT molecular complexity index is 474. The summed E-state index contributed by atoms with van der Waals surface area (Å²) in [5.41, 5.74) is 3.19. The number of nitrogens with zero attached hydrogens (tertiary/aromatic N) is 1. The molecule has 20 heavy (non-hydrogen) atoms. The van der Waals surface area contributed by atoms with Crippen molar-refractivity contribution in [2.24, 2.45) is 5.92 Å². The summed E-state index contributed by atoms with van der Waals surface area (Å²) in [6.45, 7) is 6.61. The van der Waals surface area contributed by atoms with Crippen LogP contribution in [0.15, 0.2) is 18.2 Å². The molecule has 1 fully saturated rings. The lowest BCUT2D eigenvalue weighted by Crippen LogP contribution is -2.31. The summed E-state index contributed by atoms with van der Waals surface area (Å²) >= 11 is 0. The minimum Gasteiger partial charge on any atom is -0.396 e. The van der Waals surface area contributed by atoms with E-state index < -0.39 is 0 Å². The highest BCUT2D eigenvalue weighted by atomic mass is 16.3. The summed E-state index contributed by atoms with van der Waals surface area (Å²) in [5, 5.41) is 11.9. The Morgan fingerprint density at radius 3 is 2.95 bits per heavy atom. The average molecular weight is 276 g/mol. The number of carbonyl (C=O) groups excluding carboxylic acids is 1. The normalized spacial score (nSPS) is 19.2. The highest BCUT2D eigenvalue weighted by Crippen LogP contribution is 2.19. The van der Waals surface area contributed by atoms with Crippen LogP contribution in [-0.2, 0) is 4.79 Å². The van der Waals surface area contributed by atoms with Crippen LogP contribution < -0.4 is 5.32 Å². The highest BCUT2D eigenvalue weighted by molar-refractivity contribution is 5.93. The molecule has 0 aliphatic carbocycles. The summed E-state index contributed by atoms with van der Waals surface area (Å²) in [6.07, 6.45) is 1.92. The maximum absolute atomic E-state index is 12.1. The molecule has 2 N–H and O–H groups in total. The van der Waals surface area contributed by atoms with Crippen molar-refractivity contribution in [2.45, 2.75) is 26.7 Å². The van der Waals surface area contributed by atoms with Crippen LogP contribution in [0, 0.1) is 19.8 Å². The molecule has 110 valence electrons. The van der Waals surface area contributed by atoms with Gasteiger partial charge in [0.2, 0.25) is 5.91 Å². The van der Waals surface area contributed by atoms with Gasteiger partial charge in [-0.3, -0.25) is 9.69 Å². The number of carbonyl (C=O) groups is 1. The van der Waals surface area contributed by atoms with E-state index in [9.17, 15) is 4.79 Å². The third-order valence-electron chi connectivity index (χ3n) is 3.93. The predicted molar refractivity (Wildman–Crippen MR) is 80.8 cm³/mol. The molecule has 1 aromatic rings. The van der Waals surface area contributed by atoms with E-state index in [4.69, 9.17) is 5.11 Å². The SMILES string of the molecule is Cc1ccc(NC(=O)CN2CCC(CCO)C2)c(C)c1. The van der Waals surface area contributed by atoms with E-state index in [2.05, 4.69) is 16.3 Å². The van der Waals surface area contributed by atoms with Gasteiger partial charge in [0, 0.05) is 18.8 Å². The molecule has 0 spiro atoms. The van der Waals surface area contributed by atoms with Gasteiger partial charge in [-0.25, -0.2) is 0 Å². The van der Waals surface area contributed by atoms with Crippen LogP contribution in [-0.4, -0.2) is 42.2 Å². The number of hydrogen-bond donors (Lipinski definition) is 2. The summed E-state index contributed by atoms with van der Waals surface area (Å²) in [5.74, 6) is 0.579. The van der Waals surface area contributed by atoms with Gasteiger partial charge in [-0.2, -0.15) is 0 Å². The number of aliphatic hydroxyl groups excluding tert-OH is 1. The fourth-order valence-corrected chi connectivity index (χ4v) is 2.82. The zero-order chi connectivity index (χ0) is 14.5. The second-order valence-electron chi connectivity index (χ2n) is 5.77. The van der Waals surface area contributed by atoms with Gasteiger partial charge in [0.1, 0.15) is 0 Å². The Morgan fingerprint density at radius 2 is 2.25 bits per heavy atom. The number of benzene rings is 1. The zero-order valence-corrected chi connectivity index (χ0v) is 12.4. The topological polar surface area (TPSA) is 52.6 Å². The van der Waals surface area contributed by atoms with Gasteiger partial charge in [-0.05, 0) is 50.8 Å². The molecular weight excluding hydrogens is 252 g/mol. The molecule has 0 radical (unpaired) electrons. The molecular formula is C16H24N2O2. The molecule has 1 amide bonds. The third-order valence-corrected chi connectivity index (χ3v) is 3.93. The van der Waals surface area contributed by atoms with Crippen LogP contribution in [0.4, 0.5) is 5.69 Å². The van der Waals surface area contributed by atoms with Crippen LogP contribution >= 0.6 is 0 Å². The monoisotopic (exact) mass is 276 g/mol. The fourth-order valence-electron chi connectivity index (χ4n) is 2.82. The first kappa shape index (κ1) is 15.0. The molecule has 2 rings (SSSR count). The Morgan fingerprint density at radius 1 is 1.45 bits per heavy atom. The van der Waals surface area contributed by atoms with Gasteiger partial charge in [0.05, 0.1) is 6.54 Å². The smallest absolute Gasteiger partial charge is 0.238 e. The van der Waals surface area contributed by atoms with E-state index in [1.54, 1.807) is 0 Å². The first-order chi connectivity index (χ1) is 9.58. The maximum Gasteiger partial charge on any atom is 0.238 e. The molecule has 1 aliphatic rings. The van der Waals surface area contributed by atoms with Crippen LogP contribution in [0.3, 0.4) is 0 Å². The van der Waals surface area contributed by atoms with Gasteiger partial charge >= 0.3 is 0 Å². The number of anilines is 1. The van der Waals surface area contributed by atoms with Crippen molar-refractivity contribution < 1.29 is 9.90 Å². The van der Waals surface area contributed by atoms with Crippen molar-refractivity contribution in [3.8, 4) is 0 Å². The van der Waals surface area contributed by atoms with Crippen LogP contribution in [0.1, 0.15) is 24.0 Å². The van der Waals surface area contributed by atoms with Gasteiger partial charge in [-0.15, -0.1) is 0 Å². The van der Waals surface area contributed by atoms with Gasteiger partial charge in [-0.1, -0.05) is 17.7 Å². The molecule has 1 atom stereocenters. The molecule has 0 aromatic heterocycles. The Labute approximate surface area is 120 Å². The average Bonchev–Trinajstić information content (AvgIpc) is 2.81. The Kier molecular flexibility index (Phi) is 5.15. The molecule has 1 heterocycles. The van der Waals surface area contributed by atoms with Gasteiger partial charge < -0.3 is 10.4 Å². The van der Waals surface area contributed by atoms with Crippen molar-refractivity contribution in [2.75, 3.05) is 31.6 Å². The molecule has 0 saturated carbocycles. The summed E-state index contributed by atoms with van der Waals surface area (Å²) in [7, 11) is 0. The second-order valence-corrected chi connectivity index (χ2v) is 5.77. The molecule has 0 bridgehead atoms. The lowest BCUT2D eigenvalue weighted by atomic mass is 10.1. The van der Waals surface area contributed by atoms with E-state index in [0.717, 1.165) is 37.2 Å². The third kappa shape index (κ3) is 4.05. The predicted octanol–water partition coefficient (Wildman–Crippen LogP) is 1.95. The van der Waals surface area contributed by atoms with Crippen LogP contribution in [0.5, 0.6) is 0 Å². The lowest BCUT2D eigenvalue weighted by molar-refractivity contribution is -0.117. The number of nitrogens with one attached hydrogen (secondary N) is 1. The molecule has 4 heteroatoms. The number of hydrogen-bond acceptors (Lipinski definition) is 3. The minimum absolute atomic E-state index is 0.0431. The maximum atomic E-state index is 12.1. The van der Waals surface area contributed by atoms with Crippen LogP contribution in [0.2, 0.25) is 0 Å². The standard InChI is InChI=1S/C16H24N2O2/c1-12-3-4-15(13(2)9-12)17-16(20)11-18-7-5-14(10-18)6-8-19/h3-4,9,14,19H,5-8,10-11H2,1-2H3,(H,17,20). The van der Waals surface area contributed by atoms with Gasteiger partial charge in [0.15, 0.2) is 0 Å². The lowest BCUT2D eigenvalue weighted by Gasteiger charge is -2.16. The minimum atomic E-state index is 0.0431. The first-order valence-electron chi connectivity index (χ1n) is 7.29. The van der Waals surface area contributed by atoms with Crippen molar-refractivity contribution >= 4 is 11.6 Å². The van der Waals surface area contributed by atoms with E-state index >= 15 is 0 Å². The highest BCUT2D eigenvalue weighted by Gasteiger charge is 2.23. The summed E-state index contributed by atoms with van der Waals surface area (Å²) in [6, 6.07) is 6.04. The molecule has 1 saturated heterocycles. The number of aryl methyl sites for hydroxylation is 2. The van der Waals surface area contributed by atoms with Crippen molar-refractivity contribution in [1.82, 2.24) is 4.90 Å². The molecule has 1 aromatic carbocycles. The Balaban J connectivity index is 1.84. The van der Waals surface area contributed by atoms with Crippen molar-refractivity contribution in [1.29, 1.82) is 0 Å². The summed E-state index contributed by atoms with van der Waals surface area (Å²) < 4.78 is 0. The first-order valence-corrected chi connectivity index (χ1v) is 7.29. The van der Waals surface area contributed by atoms with Gasteiger partial charge in [0.25, 0.3) is 0 Å². The molecule has 1 aliphatic heterocycles. The number of aliphatic hydroxyl groups is 1. The van der Waals surface area contributed by atoms with E-state index in [1.807, 2.05) is 26.0 Å². The van der Waals surface area contributed by atoms with Crippen molar-refractivity contribution in [3.05, 3.63) is 29.3 Å². The van der Waals surface area contributed by atoms with Crippen molar-refractivity contribution in [3.63, 3.8) is 0 Å². The van der Waals surface area contributed by atoms with Crippen LogP contribution in [0.25, 0.3) is 0 Å².